The minimum Gasteiger partial charge on any atom is -1.00 e. The van der Waals surface area contributed by atoms with Crippen molar-refractivity contribution in [2.75, 3.05) is 12.3 Å². The van der Waals surface area contributed by atoms with E-state index in [9.17, 15) is 4.57 Å². The summed E-state index contributed by atoms with van der Waals surface area (Å²) in [4.78, 5) is 9.66. The van der Waals surface area contributed by atoms with Crippen LogP contribution in [0.4, 0.5) is 5.82 Å². The molecule has 0 bridgehead atoms. The summed E-state index contributed by atoms with van der Waals surface area (Å²) in [5.74, 6) is 1.16. The number of nitrogen functional groups attached to an aromatic ring is 1. The summed E-state index contributed by atoms with van der Waals surface area (Å²) in [7, 11) is -3.35. The van der Waals surface area contributed by atoms with E-state index in [1.165, 1.54) is 0 Å². The first-order chi connectivity index (χ1) is 16.9. The number of aryl methyl sites for hydroxylation is 1. The molecule has 190 valence electrons. The van der Waals surface area contributed by atoms with Crippen molar-refractivity contribution in [3.63, 3.8) is 0 Å². The van der Waals surface area contributed by atoms with Gasteiger partial charge in [-0.2, -0.15) is 4.57 Å². The van der Waals surface area contributed by atoms with E-state index in [1.54, 1.807) is 17.5 Å². The maximum atomic E-state index is 13.7. The average molecular weight is 545 g/mol. The van der Waals surface area contributed by atoms with E-state index in [0.29, 0.717) is 31.2 Å². The number of aromatic nitrogens is 3. The Hall–Kier alpha value is -2.61. The van der Waals surface area contributed by atoms with Crippen LogP contribution < -0.4 is 22.7 Å². The van der Waals surface area contributed by atoms with Crippen LogP contribution in [0.1, 0.15) is 33.1 Å². The monoisotopic (exact) mass is 544 g/mol. The van der Waals surface area contributed by atoms with Crippen molar-refractivity contribution in [2.45, 2.75) is 39.6 Å². The van der Waals surface area contributed by atoms with Crippen LogP contribution in [0.15, 0.2) is 72.4 Å². The average Bonchev–Trinajstić information content (AvgIpc) is 3.20. The molecule has 4 aromatic rings. The van der Waals surface area contributed by atoms with E-state index >= 15 is 0 Å². The summed E-state index contributed by atoms with van der Waals surface area (Å²) in [6.07, 6.45) is 2.64. The first kappa shape index (κ1) is 28.0. The van der Waals surface area contributed by atoms with Gasteiger partial charge in [0.1, 0.15) is 11.6 Å². The van der Waals surface area contributed by atoms with Gasteiger partial charge in [-0.1, -0.05) is 72.0 Å². The first-order valence-corrected chi connectivity index (χ1v) is 14.0. The maximum absolute atomic E-state index is 13.7. The maximum Gasteiger partial charge on any atom is 0.335 e. The standard InChI is InChI=1S/C26H30N4O3PS.ClH/c1-20-25(35-19-30(20)16-24-15-28-21(2)29-26(24)27)13-14-32-34(31,18-23-11-7-4-8-12-23)33-17-22-9-5-3-6-10-22;/h3-12,15,19H,13-14,16-18H2,1-2H3,(H2,27,28,29);1H/q+1;/p-1. The first-order valence-electron chi connectivity index (χ1n) is 11.4. The Labute approximate surface area is 222 Å². The highest BCUT2D eigenvalue weighted by Crippen LogP contribution is 2.52. The molecule has 2 heterocycles. The summed E-state index contributed by atoms with van der Waals surface area (Å²) in [5, 5.41) is 0. The van der Waals surface area contributed by atoms with E-state index in [2.05, 4.69) is 27.0 Å². The summed E-state index contributed by atoms with van der Waals surface area (Å²) >= 11 is 1.64. The third-order valence-electron chi connectivity index (χ3n) is 5.62. The van der Waals surface area contributed by atoms with Crippen LogP contribution in [-0.4, -0.2) is 16.6 Å². The van der Waals surface area contributed by atoms with Gasteiger partial charge in [0, 0.05) is 19.5 Å². The number of rotatable bonds is 11. The van der Waals surface area contributed by atoms with Crippen molar-refractivity contribution in [1.29, 1.82) is 0 Å². The van der Waals surface area contributed by atoms with E-state index in [4.69, 9.17) is 14.8 Å². The molecular weight excluding hydrogens is 515 g/mol. The van der Waals surface area contributed by atoms with E-state index in [0.717, 1.165) is 27.3 Å². The minimum atomic E-state index is -3.35. The van der Waals surface area contributed by atoms with Crippen molar-refractivity contribution in [2.24, 2.45) is 0 Å². The number of nitrogens with zero attached hydrogens (tertiary/aromatic N) is 3. The van der Waals surface area contributed by atoms with Gasteiger partial charge in [0.2, 0.25) is 5.51 Å². The Morgan fingerprint density at radius 3 is 2.33 bits per heavy atom. The fourth-order valence-electron chi connectivity index (χ4n) is 3.63. The van der Waals surface area contributed by atoms with Crippen molar-refractivity contribution in [1.82, 2.24) is 9.97 Å². The van der Waals surface area contributed by atoms with Gasteiger partial charge >= 0.3 is 7.60 Å². The molecule has 0 aliphatic carbocycles. The lowest BCUT2D eigenvalue weighted by Gasteiger charge is -2.19. The SMILES string of the molecule is Cc1ncc(C[n+]2csc(CCOP(=O)(Cc3ccccc3)OCc3ccccc3)c2C)c(N)n1.[Cl-]. The zero-order valence-electron chi connectivity index (χ0n) is 20.3. The Bertz CT molecular complexity index is 1310. The van der Waals surface area contributed by atoms with E-state index < -0.39 is 7.60 Å². The molecule has 36 heavy (non-hydrogen) atoms. The lowest BCUT2D eigenvalue weighted by Crippen LogP contribution is -3.00. The zero-order chi connectivity index (χ0) is 24.7. The van der Waals surface area contributed by atoms with Gasteiger partial charge in [0.05, 0.1) is 29.8 Å². The van der Waals surface area contributed by atoms with Crippen molar-refractivity contribution >= 4 is 24.8 Å². The van der Waals surface area contributed by atoms with E-state index in [1.807, 2.05) is 67.6 Å². The summed E-state index contributed by atoms with van der Waals surface area (Å²) < 4.78 is 27.7. The molecule has 2 aromatic heterocycles. The molecule has 0 aliphatic rings. The number of halogens is 1. The molecule has 0 spiro atoms. The Kier molecular flexibility index (Phi) is 10.2. The smallest absolute Gasteiger partial charge is 0.335 e. The predicted molar refractivity (Wildman–Crippen MR) is 138 cm³/mol. The molecule has 0 aliphatic heterocycles. The van der Waals surface area contributed by atoms with Crippen LogP contribution in [0.25, 0.3) is 0 Å². The number of benzene rings is 2. The number of hydrogen-bond acceptors (Lipinski definition) is 7. The quantitative estimate of drug-likeness (QED) is 0.230. The summed E-state index contributed by atoms with van der Waals surface area (Å²) in [6.45, 7) is 5.02. The van der Waals surface area contributed by atoms with Crippen LogP contribution in [0, 0.1) is 13.8 Å². The van der Waals surface area contributed by atoms with E-state index in [-0.39, 0.29) is 25.2 Å². The molecule has 1 atom stereocenters. The molecule has 0 fully saturated rings. The number of thiazole rings is 1. The van der Waals surface area contributed by atoms with Gasteiger partial charge in [-0.25, -0.2) is 9.97 Å². The Morgan fingerprint density at radius 2 is 1.67 bits per heavy atom. The molecule has 2 N–H and O–H groups in total. The number of hydrogen-bond donors (Lipinski definition) is 1. The Morgan fingerprint density at radius 1 is 1.00 bits per heavy atom. The topological polar surface area (TPSA) is 91.2 Å². The van der Waals surface area contributed by atoms with Crippen molar-refractivity contribution in [3.8, 4) is 0 Å². The van der Waals surface area contributed by atoms with Crippen LogP contribution >= 0.6 is 18.9 Å². The molecule has 0 radical (unpaired) electrons. The van der Waals surface area contributed by atoms with Gasteiger partial charge in [-0.15, -0.1) is 0 Å². The van der Waals surface area contributed by atoms with Gasteiger partial charge in [0.15, 0.2) is 12.2 Å². The zero-order valence-corrected chi connectivity index (χ0v) is 22.8. The molecule has 0 saturated carbocycles. The lowest BCUT2D eigenvalue weighted by molar-refractivity contribution is -0.689. The fraction of sp³-hybridized carbons (Fsp3) is 0.269. The lowest BCUT2D eigenvalue weighted by atomic mass is 10.2. The molecule has 7 nitrogen and oxygen atoms in total. The molecule has 2 aromatic carbocycles. The third-order valence-corrected chi connectivity index (χ3v) is 8.62. The third kappa shape index (κ3) is 7.69. The second-order valence-electron chi connectivity index (χ2n) is 8.28. The number of nitrogens with two attached hydrogens (primary N) is 1. The van der Waals surface area contributed by atoms with Crippen LogP contribution in [0.3, 0.4) is 0 Å². The highest BCUT2D eigenvalue weighted by molar-refractivity contribution is 7.53. The molecule has 10 heteroatoms. The highest BCUT2D eigenvalue weighted by atomic mass is 35.5. The fourth-order valence-corrected chi connectivity index (χ4v) is 6.23. The second-order valence-corrected chi connectivity index (χ2v) is 11.3. The molecule has 0 amide bonds. The molecule has 0 saturated heterocycles. The molecule has 4 rings (SSSR count). The minimum absolute atomic E-state index is 0. The Balaban J connectivity index is 0.00000361. The normalized spacial score (nSPS) is 12.6. The molecule has 1 unspecified atom stereocenters. The van der Waals surface area contributed by atoms with Gasteiger partial charge in [0.25, 0.3) is 0 Å². The van der Waals surface area contributed by atoms with Crippen LogP contribution in [-0.2, 0) is 39.3 Å². The highest BCUT2D eigenvalue weighted by Gasteiger charge is 2.26. The molecular formula is C26H30ClN4O3PS. The van der Waals surface area contributed by atoms with Gasteiger partial charge < -0.3 is 27.2 Å². The predicted octanol–water partition coefficient (Wildman–Crippen LogP) is 2.25. The van der Waals surface area contributed by atoms with Crippen LogP contribution in [0.5, 0.6) is 0 Å². The van der Waals surface area contributed by atoms with Crippen LogP contribution in [0.2, 0.25) is 0 Å². The largest absolute Gasteiger partial charge is 1.00 e. The van der Waals surface area contributed by atoms with Gasteiger partial charge in [-0.05, 0) is 18.1 Å². The van der Waals surface area contributed by atoms with Crippen molar-refractivity contribution < 1.29 is 30.6 Å². The number of anilines is 1. The summed E-state index contributed by atoms with van der Waals surface area (Å²) in [5.41, 5.74) is 12.0. The second kappa shape index (κ2) is 13.1. The van der Waals surface area contributed by atoms with Gasteiger partial charge in [-0.3, -0.25) is 4.57 Å². The van der Waals surface area contributed by atoms with Crippen molar-refractivity contribution in [3.05, 3.63) is 105 Å². The summed E-state index contributed by atoms with van der Waals surface area (Å²) in [6, 6.07) is 19.4.